The van der Waals surface area contributed by atoms with Crippen molar-refractivity contribution >= 4 is 45.1 Å². The minimum atomic E-state index is 0.0612. The van der Waals surface area contributed by atoms with Gasteiger partial charge in [0, 0.05) is 11.3 Å². The van der Waals surface area contributed by atoms with Crippen LogP contribution in [0.1, 0.15) is 10.4 Å². The van der Waals surface area contributed by atoms with E-state index in [9.17, 15) is 4.79 Å². The van der Waals surface area contributed by atoms with Crippen molar-refractivity contribution in [3.63, 3.8) is 0 Å². The van der Waals surface area contributed by atoms with E-state index >= 15 is 0 Å². The lowest BCUT2D eigenvalue weighted by Crippen LogP contribution is -2.05. The zero-order chi connectivity index (χ0) is 17.2. The van der Waals surface area contributed by atoms with Crippen LogP contribution in [0.5, 0.6) is 11.5 Å². The Morgan fingerprint density at radius 1 is 1.00 bits per heavy atom. The first-order valence-corrected chi connectivity index (χ1v) is 9.71. The van der Waals surface area contributed by atoms with Gasteiger partial charge in [-0.1, -0.05) is 42.2 Å². The van der Waals surface area contributed by atoms with Crippen molar-refractivity contribution < 1.29 is 14.3 Å². The Labute approximate surface area is 156 Å². The second-order valence-corrected chi connectivity index (χ2v) is 7.97. The number of methoxy groups -OCH3 is 1. The molecule has 24 heavy (non-hydrogen) atoms. The maximum atomic E-state index is 12.1. The molecule has 0 saturated carbocycles. The predicted molar refractivity (Wildman–Crippen MR) is 107 cm³/mol. The maximum Gasteiger partial charge on any atom is 0.173 e. The van der Waals surface area contributed by atoms with Crippen LogP contribution in [-0.2, 0) is 0 Å². The van der Waals surface area contributed by atoms with Gasteiger partial charge in [-0.25, -0.2) is 0 Å². The third kappa shape index (κ3) is 6.55. The van der Waals surface area contributed by atoms with E-state index < -0.39 is 0 Å². The van der Waals surface area contributed by atoms with Gasteiger partial charge in [-0.15, -0.1) is 11.8 Å². The molecule has 6 heteroatoms. The second-order valence-electron chi connectivity index (χ2n) is 4.70. The predicted octanol–water partition coefficient (Wildman–Crippen LogP) is 4.71. The molecule has 0 heterocycles. The molecule has 126 valence electrons. The van der Waals surface area contributed by atoms with Gasteiger partial charge in [0.1, 0.15) is 15.0 Å². The molecule has 2 rings (SSSR count). The topological polar surface area (TPSA) is 35.5 Å². The van der Waals surface area contributed by atoms with E-state index in [0.717, 1.165) is 20.8 Å². The molecule has 0 spiro atoms. The van der Waals surface area contributed by atoms with Crippen molar-refractivity contribution in [1.29, 1.82) is 0 Å². The standard InChI is InChI=1S/C18H18O3S3/c1-20-15-9-7-14(8-10-15)17(19)13-24-18(22)23-12-11-21-16-5-3-2-4-6-16/h2-10H,11-13H2,1H3. The Hall–Kier alpha value is -1.50. The zero-order valence-electron chi connectivity index (χ0n) is 13.3. The summed E-state index contributed by atoms with van der Waals surface area (Å²) in [6, 6.07) is 16.8. The van der Waals surface area contributed by atoms with E-state index in [2.05, 4.69) is 0 Å². The number of carbonyl (C=O) groups is 1. The summed E-state index contributed by atoms with van der Waals surface area (Å²) in [4.78, 5) is 12.1. The lowest BCUT2D eigenvalue weighted by Gasteiger charge is -2.06. The average molecular weight is 379 g/mol. The number of carbonyl (C=O) groups excluding carboxylic acids is 1. The average Bonchev–Trinajstić information content (AvgIpc) is 2.64. The molecule has 2 aromatic rings. The van der Waals surface area contributed by atoms with Crippen LogP contribution in [0.15, 0.2) is 54.6 Å². The molecule has 0 aliphatic carbocycles. The fraction of sp³-hybridized carbons (Fsp3) is 0.222. The van der Waals surface area contributed by atoms with Gasteiger partial charge in [-0.3, -0.25) is 4.79 Å². The minimum absolute atomic E-state index is 0.0612. The molecule has 2 aromatic carbocycles. The van der Waals surface area contributed by atoms with Crippen LogP contribution in [0.25, 0.3) is 0 Å². The van der Waals surface area contributed by atoms with E-state index in [0.29, 0.717) is 17.9 Å². The van der Waals surface area contributed by atoms with Crippen LogP contribution in [0, 0.1) is 0 Å². The molecule has 0 bridgehead atoms. The molecule has 0 N–H and O–H groups in total. The van der Waals surface area contributed by atoms with Crippen LogP contribution in [0.4, 0.5) is 0 Å². The molecule has 0 radical (unpaired) electrons. The zero-order valence-corrected chi connectivity index (χ0v) is 15.7. The van der Waals surface area contributed by atoms with E-state index in [-0.39, 0.29) is 5.78 Å². The lowest BCUT2D eigenvalue weighted by atomic mass is 10.1. The molecule has 0 aromatic heterocycles. The van der Waals surface area contributed by atoms with Gasteiger partial charge in [0.2, 0.25) is 0 Å². The molecule has 3 nitrogen and oxygen atoms in total. The number of ether oxygens (including phenoxy) is 2. The van der Waals surface area contributed by atoms with Crippen molar-refractivity contribution in [3.8, 4) is 11.5 Å². The Morgan fingerprint density at radius 3 is 2.38 bits per heavy atom. The van der Waals surface area contributed by atoms with Crippen molar-refractivity contribution in [2.75, 3.05) is 25.2 Å². The first kappa shape index (κ1) is 18.8. The molecule has 0 amide bonds. The molecule has 0 atom stereocenters. The number of rotatable bonds is 8. The molecule has 0 saturated heterocycles. The molecule has 0 fully saturated rings. The summed E-state index contributed by atoms with van der Waals surface area (Å²) in [5, 5.41) is 0. The van der Waals surface area contributed by atoms with Crippen molar-refractivity contribution in [3.05, 3.63) is 60.2 Å². The van der Waals surface area contributed by atoms with Crippen molar-refractivity contribution in [2.24, 2.45) is 0 Å². The number of Topliss-reactive ketones (excluding diaryl/α,β-unsaturated/α-hetero) is 1. The van der Waals surface area contributed by atoms with Crippen LogP contribution < -0.4 is 9.47 Å². The monoisotopic (exact) mass is 378 g/mol. The van der Waals surface area contributed by atoms with Gasteiger partial charge in [-0.05, 0) is 36.4 Å². The third-order valence-corrected chi connectivity index (χ3v) is 5.71. The van der Waals surface area contributed by atoms with Gasteiger partial charge < -0.3 is 9.47 Å². The normalized spacial score (nSPS) is 10.2. The number of thiocarbonyl (C=S) groups is 1. The summed E-state index contributed by atoms with van der Waals surface area (Å²) in [7, 11) is 1.60. The number of thioether (sulfide) groups is 2. The van der Waals surface area contributed by atoms with Crippen LogP contribution in [-0.4, -0.2) is 34.5 Å². The number of ketones is 1. The van der Waals surface area contributed by atoms with Gasteiger partial charge >= 0.3 is 0 Å². The van der Waals surface area contributed by atoms with Crippen molar-refractivity contribution in [1.82, 2.24) is 0 Å². The summed E-state index contributed by atoms with van der Waals surface area (Å²) in [5.74, 6) is 2.76. The highest BCUT2D eigenvalue weighted by Crippen LogP contribution is 2.20. The molecule has 0 aliphatic heterocycles. The van der Waals surface area contributed by atoms with Gasteiger partial charge in [-0.2, -0.15) is 0 Å². The smallest absolute Gasteiger partial charge is 0.173 e. The Bertz CT molecular complexity index is 657. The number of para-hydroxylation sites is 1. The maximum absolute atomic E-state index is 12.1. The quantitative estimate of drug-likeness (QED) is 0.376. The van der Waals surface area contributed by atoms with Gasteiger partial charge in [0.05, 0.1) is 19.5 Å². The first-order valence-electron chi connectivity index (χ1n) is 7.33. The highest BCUT2D eigenvalue weighted by molar-refractivity contribution is 8.47. The van der Waals surface area contributed by atoms with Crippen LogP contribution >= 0.6 is 35.7 Å². The SMILES string of the molecule is COc1ccc(C(=O)CSC(=S)SCCOc2ccccc2)cc1. The summed E-state index contributed by atoms with van der Waals surface area (Å²) in [6.45, 7) is 0.585. The fourth-order valence-corrected chi connectivity index (χ4v) is 3.76. The number of hydrogen-bond acceptors (Lipinski definition) is 6. The minimum Gasteiger partial charge on any atom is -0.497 e. The summed E-state index contributed by atoms with van der Waals surface area (Å²) in [6.07, 6.45) is 0. The molecular weight excluding hydrogens is 360 g/mol. The largest absolute Gasteiger partial charge is 0.497 e. The highest BCUT2D eigenvalue weighted by atomic mass is 32.2. The molecule has 0 unspecified atom stereocenters. The third-order valence-electron chi connectivity index (χ3n) is 3.05. The van der Waals surface area contributed by atoms with E-state index in [1.807, 2.05) is 30.3 Å². The van der Waals surface area contributed by atoms with Crippen molar-refractivity contribution in [2.45, 2.75) is 0 Å². The number of hydrogen-bond donors (Lipinski definition) is 0. The molecule has 0 aliphatic rings. The van der Waals surface area contributed by atoms with Gasteiger partial charge in [0.15, 0.2) is 5.78 Å². The Balaban J connectivity index is 1.64. The van der Waals surface area contributed by atoms with E-state index in [1.165, 1.54) is 23.5 Å². The molecular formula is C18H18O3S3. The summed E-state index contributed by atoms with van der Waals surface area (Å²) in [5.41, 5.74) is 0.670. The fourth-order valence-electron chi connectivity index (χ4n) is 1.83. The summed E-state index contributed by atoms with van der Waals surface area (Å²) < 4.78 is 11.4. The lowest BCUT2D eigenvalue weighted by molar-refractivity contribution is 0.102. The summed E-state index contributed by atoms with van der Waals surface area (Å²) >= 11 is 8.22. The van der Waals surface area contributed by atoms with Crippen LogP contribution in [0.3, 0.4) is 0 Å². The highest BCUT2D eigenvalue weighted by Gasteiger charge is 2.08. The second kappa shape index (κ2) is 10.4. The van der Waals surface area contributed by atoms with Crippen LogP contribution in [0.2, 0.25) is 0 Å². The van der Waals surface area contributed by atoms with E-state index in [1.54, 1.807) is 31.4 Å². The van der Waals surface area contributed by atoms with E-state index in [4.69, 9.17) is 21.7 Å². The first-order chi connectivity index (χ1) is 11.7. The Kier molecular flexibility index (Phi) is 8.15. The number of benzene rings is 2. The Morgan fingerprint density at radius 2 is 1.71 bits per heavy atom. The van der Waals surface area contributed by atoms with Gasteiger partial charge in [0.25, 0.3) is 0 Å².